The van der Waals surface area contributed by atoms with Crippen LogP contribution < -0.4 is 0 Å². The summed E-state index contributed by atoms with van der Waals surface area (Å²) in [6, 6.07) is 7.57. The van der Waals surface area contributed by atoms with Gasteiger partial charge in [-0.3, -0.25) is 9.00 Å². The maximum Gasteiger partial charge on any atom is 0.184 e. The molecular formula is C17H20O4S. The molecule has 3 saturated heterocycles. The summed E-state index contributed by atoms with van der Waals surface area (Å²) in [7, 11) is -0.703. The first-order chi connectivity index (χ1) is 10.7. The van der Waals surface area contributed by atoms with Gasteiger partial charge in [0.25, 0.3) is 0 Å². The molecule has 2 bridgehead atoms. The number of ketones is 1. The highest BCUT2D eigenvalue weighted by molar-refractivity contribution is 7.86. The van der Waals surface area contributed by atoms with Crippen molar-refractivity contribution >= 4 is 16.6 Å². The lowest BCUT2D eigenvalue weighted by molar-refractivity contribution is -0.0441. The highest BCUT2D eigenvalue weighted by Gasteiger charge is 2.42. The summed E-state index contributed by atoms with van der Waals surface area (Å²) in [6.45, 7) is 1.24. The summed E-state index contributed by atoms with van der Waals surface area (Å²) in [5.41, 5.74) is 1.71. The fourth-order valence-corrected chi connectivity index (χ4v) is 5.96. The van der Waals surface area contributed by atoms with Gasteiger partial charge in [-0.15, -0.1) is 0 Å². The van der Waals surface area contributed by atoms with E-state index in [0.29, 0.717) is 13.2 Å². The van der Waals surface area contributed by atoms with E-state index >= 15 is 0 Å². The number of ether oxygens (including phenoxy) is 2. The van der Waals surface area contributed by atoms with E-state index in [2.05, 4.69) is 0 Å². The van der Waals surface area contributed by atoms with Crippen molar-refractivity contribution in [1.82, 2.24) is 0 Å². The maximum absolute atomic E-state index is 12.7. The van der Waals surface area contributed by atoms with Crippen LogP contribution in [-0.4, -0.2) is 33.7 Å². The third kappa shape index (κ3) is 2.55. The van der Waals surface area contributed by atoms with E-state index in [0.717, 1.165) is 36.8 Å². The maximum atomic E-state index is 12.7. The molecule has 1 aromatic rings. The minimum Gasteiger partial charge on any atom is -0.346 e. The Bertz CT molecular complexity index is 575. The molecule has 3 aliphatic heterocycles. The summed E-state index contributed by atoms with van der Waals surface area (Å²) >= 11 is 0. The van der Waals surface area contributed by atoms with Crippen LogP contribution in [0.15, 0.2) is 24.3 Å². The second-order valence-corrected chi connectivity index (χ2v) is 8.37. The van der Waals surface area contributed by atoms with Crippen LogP contribution in [0.2, 0.25) is 0 Å². The first-order valence-corrected chi connectivity index (χ1v) is 9.27. The molecule has 5 heteroatoms. The van der Waals surface area contributed by atoms with E-state index in [-0.39, 0.29) is 28.5 Å². The first-order valence-electron chi connectivity index (χ1n) is 7.99. The van der Waals surface area contributed by atoms with Gasteiger partial charge in [0.1, 0.15) is 0 Å². The molecule has 0 aromatic heterocycles. The Morgan fingerprint density at radius 3 is 2.18 bits per heavy atom. The number of carbonyl (C=O) groups is 1. The quantitative estimate of drug-likeness (QED) is 0.803. The molecule has 3 aliphatic rings. The van der Waals surface area contributed by atoms with Gasteiger partial charge in [-0.2, -0.15) is 0 Å². The van der Waals surface area contributed by atoms with Crippen LogP contribution in [0.4, 0.5) is 0 Å². The first kappa shape index (κ1) is 14.5. The number of benzene rings is 1. The van der Waals surface area contributed by atoms with Crippen molar-refractivity contribution < 1.29 is 18.5 Å². The minimum atomic E-state index is -0.703. The SMILES string of the molecule is O=C(c1ccc(C2OCCO2)cc1)C1CC2CCC(C1)S2=O. The molecule has 4 nitrogen and oxygen atoms in total. The van der Waals surface area contributed by atoms with Crippen LogP contribution in [0, 0.1) is 5.92 Å². The van der Waals surface area contributed by atoms with Crippen LogP contribution in [0.5, 0.6) is 0 Å². The van der Waals surface area contributed by atoms with Gasteiger partial charge in [0, 0.05) is 38.3 Å². The van der Waals surface area contributed by atoms with E-state index in [1.54, 1.807) is 0 Å². The van der Waals surface area contributed by atoms with E-state index < -0.39 is 10.8 Å². The van der Waals surface area contributed by atoms with Crippen molar-refractivity contribution in [2.45, 2.75) is 42.5 Å². The van der Waals surface area contributed by atoms with Gasteiger partial charge >= 0.3 is 0 Å². The van der Waals surface area contributed by atoms with Gasteiger partial charge < -0.3 is 9.47 Å². The fourth-order valence-electron chi connectivity index (χ4n) is 3.84. The highest BCUT2D eigenvalue weighted by atomic mass is 32.2. The number of hydrogen-bond donors (Lipinski definition) is 0. The van der Waals surface area contributed by atoms with Crippen molar-refractivity contribution in [2.24, 2.45) is 5.92 Å². The monoisotopic (exact) mass is 320 g/mol. The van der Waals surface area contributed by atoms with Crippen molar-refractivity contribution in [2.75, 3.05) is 13.2 Å². The lowest BCUT2D eigenvalue weighted by atomic mass is 9.90. The number of Topliss-reactive ketones (excluding diaryl/α,β-unsaturated/α-hetero) is 1. The van der Waals surface area contributed by atoms with E-state index in [4.69, 9.17) is 9.47 Å². The molecule has 22 heavy (non-hydrogen) atoms. The zero-order valence-corrected chi connectivity index (χ0v) is 13.2. The summed E-state index contributed by atoms with van der Waals surface area (Å²) in [6.07, 6.45) is 3.33. The normalized spacial score (nSPS) is 34.9. The number of carbonyl (C=O) groups excluding carboxylic acids is 1. The second kappa shape index (κ2) is 5.87. The second-order valence-electron chi connectivity index (χ2n) is 6.38. The number of fused-ring (bicyclic) bond motifs is 2. The Balaban J connectivity index is 1.47. The van der Waals surface area contributed by atoms with E-state index in [1.807, 2.05) is 24.3 Å². The Morgan fingerprint density at radius 1 is 1.00 bits per heavy atom. The molecule has 0 spiro atoms. The summed E-state index contributed by atoms with van der Waals surface area (Å²) in [5, 5.41) is 0.486. The molecule has 0 radical (unpaired) electrons. The third-order valence-electron chi connectivity index (χ3n) is 5.02. The molecule has 0 aliphatic carbocycles. The van der Waals surface area contributed by atoms with Crippen molar-refractivity contribution in [3.63, 3.8) is 0 Å². The molecule has 0 saturated carbocycles. The average Bonchev–Trinajstić information content (AvgIpc) is 3.13. The number of hydrogen-bond acceptors (Lipinski definition) is 4. The molecule has 3 heterocycles. The summed E-state index contributed by atoms with van der Waals surface area (Å²) in [5.74, 6) is 0.244. The lowest BCUT2D eigenvalue weighted by Crippen LogP contribution is -2.32. The van der Waals surface area contributed by atoms with Gasteiger partial charge in [0.05, 0.1) is 13.2 Å². The Hall–Kier alpha value is -1.04. The van der Waals surface area contributed by atoms with Gasteiger partial charge in [-0.1, -0.05) is 24.3 Å². The van der Waals surface area contributed by atoms with Crippen LogP contribution in [0.1, 0.15) is 47.9 Å². The largest absolute Gasteiger partial charge is 0.346 e. The smallest absolute Gasteiger partial charge is 0.184 e. The van der Waals surface area contributed by atoms with E-state index in [1.165, 1.54) is 0 Å². The predicted molar refractivity (Wildman–Crippen MR) is 83.1 cm³/mol. The lowest BCUT2D eigenvalue weighted by Gasteiger charge is -2.26. The van der Waals surface area contributed by atoms with Crippen LogP contribution in [0.3, 0.4) is 0 Å². The van der Waals surface area contributed by atoms with Crippen molar-refractivity contribution in [3.8, 4) is 0 Å². The zero-order chi connectivity index (χ0) is 15.1. The van der Waals surface area contributed by atoms with Crippen LogP contribution >= 0.6 is 0 Å². The van der Waals surface area contributed by atoms with Crippen molar-refractivity contribution in [3.05, 3.63) is 35.4 Å². The van der Waals surface area contributed by atoms with Crippen molar-refractivity contribution in [1.29, 1.82) is 0 Å². The van der Waals surface area contributed by atoms with Gasteiger partial charge in [-0.05, 0) is 25.7 Å². The standard InChI is InChI=1S/C17H20O4S/c18-16(13-9-14-5-6-15(10-13)22(14)19)11-1-3-12(4-2-11)17-20-7-8-21-17/h1-4,13-15,17H,5-10H2. The molecule has 1 aromatic carbocycles. The Kier molecular flexibility index (Phi) is 3.88. The van der Waals surface area contributed by atoms with Crippen LogP contribution in [-0.2, 0) is 20.3 Å². The predicted octanol–water partition coefficient (Wildman–Crippen LogP) is 2.60. The molecule has 0 N–H and O–H groups in total. The molecule has 118 valence electrons. The highest BCUT2D eigenvalue weighted by Crippen LogP contribution is 2.39. The van der Waals surface area contributed by atoms with Gasteiger partial charge in [0.2, 0.25) is 0 Å². The van der Waals surface area contributed by atoms with Crippen LogP contribution in [0.25, 0.3) is 0 Å². The minimum absolute atomic E-state index is 0.0417. The fraction of sp³-hybridized carbons (Fsp3) is 0.588. The van der Waals surface area contributed by atoms with E-state index in [9.17, 15) is 9.00 Å². The van der Waals surface area contributed by atoms with Gasteiger partial charge in [0.15, 0.2) is 12.1 Å². The third-order valence-corrected chi connectivity index (χ3v) is 7.19. The molecule has 2 atom stereocenters. The zero-order valence-electron chi connectivity index (χ0n) is 12.4. The summed E-state index contributed by atoms with van der Waals surface area (Å²) in [4.78, 5) is 12.7. The Labute approximate surface area is 132 Å². The molecule has 0 amide bonds. The molecule has 4 rings (SSSR count). The summed E-state index contributed by atoms with van der Waals surface area (Å²) < 4.78 is 23.0. The number of rotatable bonds is 3. The molecule has 2 unspecified atom stereocenters. The molecular weight excluding hydrogens is 300 g/mol. The topological polar surface area (TPSA) is 52.6 Å². The Morgan fingerprint density at radius 2 is 1.59 bits per heavy atom. The average molecular weight is 320 g/mol. The molecule has 3 fully saturated rings. The van der Waals surface area contributed by atoms with Gasteiger partial charge in [-0.25, -0.2) is 0 Å².